The van der Waals surface area contributed by atoms with Crippen LogP contribution in [0.4, 0.5) is 5.69 Å². The number of rotatable bonds is 7. The predicted molar refractivity (Wildman–Crippen MR) is 127 cm³/mol. The van der Waals surface area contributed by atoms with Crippen LogP contribution in [0.1, 0.15) is 42.4 Å². The van der Waals surface area contributed by atoms with E-state index in [0.29, 0.717) is 40.3 Å². The maximum atomic E-state index is 13.2. The van der Waals surface area contributed by atoms with E-state index in [1.54, 1.807) is 57.4 Å². The lowest BCUT2D eigenvalue weighted by Crippen LogP contribution is -2.35. The highest BCUT2D eigenvalue weighted by molar-refractivity contribution is 5.97. The van der Waals surface area contributed by atoms with E-state index in [0.717, 1.165) is 10.2 Å². The Labute approximate surface area is 195 Å². The van der Waals surface area contributed by atoms with Gasteiger partial charge in [-0.15, -0.1) is 0 Å². The van der Waals surface area contributed by atoms with Gasteiger partial charge in [0.25, 0.3) is 5.56 Å². The van der Waals surface area contributed by atoms with Gasteiger partial charge in [0, 0.05) is 16.8 Å². The van der Waals surface area contributed by atoms with E-state index < -0.39 is 17.5 Å². The molecule has 2 aromatic heterocycles. The van der Waals surface area contributed by atoms with Gasteiger partial charge in [-0.05, 0) is 68.8 Å². The summed E-state index contributed by atoms with van der Waals surface area (Å²) in [4.78, 5) is 37.9. The Bertz CT molecular complexity index is 1420. The predicted octanol–water partition coefficient (Wildman–Crippen LogP) is 4.16. The number of nitrogens with one attached hydrogen (secondary N) is 1. The van der Waals surface area contributed by atoms with Crippen molar-refractivity contribution in [3.63, 3.8) is 0 Å². The van der Waals surface area contributed by atoms with Crippen molar-refractivity contribution >= 4 is 28.3 Å². The first-order valence-electron chi connectivity index (χ1n) is 10.8. The smallest absolute Gasteiger partial charge is 0.297 e. The first kappa shape index (κ1) is 22.9. The van der Waals surface area contributed by atoms with Crippen LogP contribution in [0.2, 0.25) is 0 Å². The van der Waals surface area contributed by atoms with Gasteiger partial charge in [-0.3, -0.25) is 14.4 Å². The number of aromatic nitrogens is 3. The molecule has 9 nitrogen and oxygen atoms in total. The number of methoxy groups -OCH3 is 1. The van der Waals surface area contributed by atoms with E-state index in [2.05, 4.69) is 15.6 Å². The van der Waals surface area contributed by atoms with Crippen LogP contribution in [-0.4, -0.2) is 33.7 Å². The zero-order valence-electron chi connectivity index (χ0n) is 19.3. The quantitative estimate of drug-likeness (QED) is 0.412. The van der Waals surface area contributed by atoms with Crippen molar-refractivity contribution in [3.8, 4) is 17.0 Å². The van der Waals surface area contributed by atoms with Crippen LogP contribution in [0, 0.1) is 6.92 Å². The summed E-state index contributed by atoms with van der Waals surface area (Å²) in [7, 11) is 1.58. The fourth-order valence-electron chi connectivity index (χ4n) is 3.75. The lowest BCUT2D eigenvalue weighted by Gasteiger charge is -2.18. The molecule has 0 saturated carbocycles. The molecule has 0 aliphatic carbocycles. The first-order valence-corrected chi connectivity index (χ1v) is 10.8. The van der Waals surface area contributed by atoms with E-state index in [-0.39, 0.29) is 11.3 Å². The maximum absolute atomic E-state index is 13.2. The zero-order chi connectivity index (χ0) is 24.4. The SMILES string of the molecule is CCC(C(=O)Nc1ccc(C(C)=O)cc1)n1nc(-c2ccc(OC)cc2)c2c(C)onc2c1=O. The number of anilines is 1. The third-order valence-corrected chi connectivity index (χ3v) is 5.62. The zero-order valence-corrected chi connectivity index (χ0v) is 19.3. The van der Waals surface area contributed by atoms with Gasteiger partial charge < -0.3 is 14.6 Å². The summed E-state index contributed by atoms with van der Waals surface area (Å²) in [6.45, 7) is 4.98. The molecule has 1 amide bonds. The maximum Gasteiger partial charge on any atom is 0.297 e. The third kappa shape index (κ3) is 4.19. The van der Waals surface area contributed by atoms with Crippen molar-refractivity contribution in [2.24, 2.45) is 0 Å². The average molecular weight is 460 g/mol. The highest BCUT2D eigenvalue weighted by Crippen LogP contribution is 2.29. The van der Waals surface area contributed by atoms with E-state index >= 15 is 0 Å². The molecular formula is C25H24N4O5. The number of ether oxygens (including phenoxy) is 1. The number of Topliss-reactive ketones (excluding diaryl/α,β-unsaturated/α-hetero) is 1. The molecule has 1 atom stereocenters. The molecule has 0 saturated heterocycles. The molecule has 2 heterocycles. The van der Waals surface area contributed by atoms with Gasteiger partial charge in [0.2, 0.25) is 5.91 Å². The van der Waals surface area contributed by atoms with Crippen LogP contribution in [0.15, 0.2) is 57.8 Å². The lowest BCUT2D eigenvalue weighted by atomic mass is 10.1. The Hall–Kier alpha value is -4.27. The number of amides is 1. The second-order valence-electron chi connectivity index (χ2n) is 7.84. The van der Waals surface area contributed by atoms with E-state index in [1.807, 2.05) is 12.1 Å². The standard InChI is InChI=1S/C25H24N4O5/c1-5-20(24(31)26-18-10-6-16(7-11-18)14(2)30)29-25(32)23-21(15(3)34-28-23)22(27-29)17-8-12-19(33-4)13-9-17/h6-13,20H,5H2,1-4H3,(H,26,31). The molecule has 0 radical (unpaired) electrons. The summed E-state index contributed by atoms with van der Waals surface area (Å²) in [5, 5.41) is 11.8. The Morgan fingerprint density at radius 3 is 2.38 bits per heavy atom. The molecule has 0 spiro atoms. The van der Waals surface area contributed by atoms with Crippen LogP contribution in [-0.2, 0) is 4.79 Å². The molecule has 9 heteroatoms. The van der Waals surface area contributed by atoms with Gasteiger partial charge in [0.1, 0.15) is 23.2 Å². The highest BCUT2D eigenvalue weighted by Gasteiger charge is 2.26. The van der Waals surface area contributed by atoms with Gasteiger partial charge in [-0.1, -0.05) is 12.1 Å². The molecule has 0 aliphatic rings. The molecule has 0 aliphatic heterocycles. The normalized spacial score (nSPS) is 11.9. The van der Waals surface area contributed by atoms with Crippen LogP contribution >= 0.6 is 0 Å². The molecule has 2 aromatic carbocycles. The van der Waals surface area contributed by atoms with Crippen molar-refractivity contribution in [1.29, 1.82) is 0 Å². The molecule has 174 valence electrons. The van der Waals surface area contributed by atoms with Crippen molar-refractivity contribution in [3.05, 3.63) is 70.2 Å². The van der Waals surface area contributed by atoms with Gasteiger partial charge in [0.15, 0.2) is 11.3 Å². The summed E-state index contributed by atoms with van der Waals surface area (Å²) in [6, 6.07) is 12.9. The van der Waals surface area contributed by atoms with Crippen molar-refractivity contribution in [1.82, 2.24) is 14.9 Å². The van der Waals surface area contributed by atoms with E-state index in [9.17, 15) is 14.4 Å². The molecule has 1 unspecified atom stereocenters. The van der Waals surface area contributed by atoms with E-state index in [1.165, 1.54) is 6.92 Å². The first-order chi connectivity index (χ1) is 16.3. The average Bonchev–Trinajstić information content (AvgIpc) is 3.23. The summed E-state index contributed by atoms with van der Waals surface area (Å²) < 4.78 is 11.7. The summed E-state index contributed by atoms with van der Waals surface area (Å²) in [5.41, 5.74) is 1.84. The lowest BCUT2D eigenvalue weighted by molar-refractivity contribution is -0.119. The topological polar surface area (TPSA) is 116 Å². The van der Waals surface area contributed by atoms with E-state index in [4.69, 9.17) is 9.26 Å². The number of benzene rings is 2. The minimum Gasteiger partial charge on any atom is -0.497 e. The number of fused-ring (bicyclic) bond motifs is 1. The van der Waals surface area contributed by atoms with Gasteiger partial charge in [0.05, 0.1) is 12.5 Å². The van der Waals surface area contributed by atoms with Gasteiger partial charge >= 0.3 is 0 Å². The number of hydrogen-bond donors (Lipinski definition) is 1. The Morgan fingerprint density at radius 1 is 1.12 bits per heavy atom. The monoisotopic (exact) mass is 460 g/mol. The second-order valence-corrected chi connectivity index (χ2v) is 7.84. The minimum absolute atomic E-state index is 0.0673. The number of aryl methyl sites for hydroxylation is 1. The molecule has 0 fully saturated rings. The van der Waals surface area contributed by atoms with Crippen LogP contribution < -0.4 is 15.6 Å². The van der Waals surface area contributed by atoms with Crippen molar-refractivity contribution in [2.45, 2.75) is 33.2 Å². The van der Waals surface area contributed by atoms with Crippen molar-refractivity contribution < 1.29 is 18.8 Å². The van der Waals surface area contributed by atoms with Gasteiger partial charge in [-0.2, -0.15) is 5.10 Å². The Morgan fingerprint density at radius 2 is 1.79 bits per heavy atom. The largest absolute Gasteiger partial charge is 0.497 e. The summed E-state index contributed by atoms with van der Waals surface area (Å²) in [6.07, 6.45) is 0.314. The third-order valence-electron chi connectivity index (χ3n) is 5.62. The Kier molecular flexibility index (Phi) is 6.27. The van der Waals surface area contributed by atoms with Crippen molar-refractivity contribution in [2.75, 3.05) is 12.4 Å². The Balaban J connectivity index is 1.77. The van der Waals surface area contributed by atoms with Gasteiger partial charge in [-0.25, -0.2) is 4.68 Å². The highest BCUT2D eigenvalue weighted by atomic mass is 16.5. The van der Waals surface area contributed by atoms with Crippen LogP contribution in [0.25, 0.3) is 22.2 Å². The molecule has 0 bridgehead atoms. The molecule has 34 heavy (non-hydrogen) atoms. The second kappa shape index (κ2) is 9.30. The molecule has 4 rings (SSSR count). The fourth-order valence-corrected chi connectivity index (χ4v) is 3.75. The number of ketones is 1. The summed E-state index contributed by atoms with van der Waals surface area (Å²) in [5.74, 6) is 0.660. The number of carbonyl (C=O) groups is 2. The number of nitrogens with zero attached hydrogens (tertiary/aromatic N) is 3. The summed E-state index contributed by atoms with van der Waals surface area (Å²) >= 11 is 0. The minimum atomic E-state index is -0.890. The number of carbonyl (C=O) groups excluding carboxylic acids is 2. The fraction of sp³-hybridized carbons (Fsp3) is 0.240. The molecule has 1 N–H and O–H groups in total. The molecular weight excluding hydrogens is 436 g/mol. The molecule has 4 aromatic rings. The van der Waals surface area contributed by atoms with Crippen LogP contribution in [0.3, 0.4) is 0 Å². The van der Waals surface area contributed by atoms with Crippen LogP contribution in [0.5, 0.6) is 5.75 Å². The number of hydrogen-bond acceptors (Lipinski definition) is 7.